The molecule has 3 aromatic carbocycles. The van der Waals surface area contributed by atoms with Gasteiger partial charge in [-0.3, -0.25) is 0 Å². The summed E-state index contributed by atoms with van der Waals surface area (Å²) in [5.41, 5.74) is 11.3. The third-order valence-corrected chi connectivity index (χ3v) is 6.11. The van der Waals surface area contributed by atoms with Gasteiger partial charge < -0.3 is 15.2 Å². The lowest BCUT2D eigenvalue weighted by molar-refractivity contribution is -0.128. The lowest BCUT2D eigenvalue weighted by Crippen LogP contribution is -2.11. The number of esters is 2. The van der Waals surface area contributed by atoms with Crippen LogP contribution in [0.15, 0.2) is 54.6 Å². The Hall–Kier alpha value is -3.86. The zero-order valence-electron chi connectivity index (χ0n) is 18.2. The van der Waals surface area contributed by atoms with E-state index in [1.807, 2.05) is 43.3 Å². The topological polar surface area (TPSA) is 78.6 Å². The molecule has 0 aliphatic carbocycles. The van der Waals surface area contributed by atoms with Crippen molar-refractivity contribution >= 4 is 28.8 Å². The van der Waals surface area contributed by atoms with E-state index in [4.69, 9.17) is 15.2 Å². The Bertz CT molecular complexity index is 1420. The minimum absolute atomic E-state index is 0.398. The number of aryl methyl sites for hydroxylation is 1. The van der Waals surface area contributed by atoms with Crippen LogP contribution in [0.25, 0.3) is 11.1 Å². The molecular weight excluding hydrogens is 402 g/mol. The summed E-state index contributed by atoms with van der Waals surface area (Å²) in [4.78, 5) is 25.5. The van der Waals surface area contributed by atoms with E-state index in [0.29, 0.717) is 44.7 Å². The summed E-state index contributed by atoms with van der Waals surface area (Å²) in [5.74, 6) is 0.418. The maximum atomic E-state index is 12.8. The summed E-state index contributed by atoms with van der Waals surface area (Å²) in [5, 5.41) is 1.25. The Morgan fingerprint density at radius 2 is 1.31 bits per heavy atom. The average molecular weight is 425 g/mol. The van der Waals surface area contributed by atoms with Gasteiger partial charge in [0.15, 0.2) is 0 Å². The van der Waals surface area contributed by atoms with E-state index in [0.717, 1.165) is 23.1 Å². The number of hydrogen-bond acceptors (Lipinski definition) is 5. The third kappa shape index (κ3) is 3.09. The maximum absolute atomic E-state index is 12.8. The smallest absolute Gasteiger partial charge is 0.344 e. The molecule has 5 heteroatoms. The van der Waals surface area contributed by atoms with Gasteiger partial charge in [0, 0.05) is 16.1 Å². The zero-order chi connectivity index (χ0) is 22.6. The number of rotatable bonds is 4. The highest BCUT2D eigenvalue weighted by Gasteiger charge is 2.30. The molecule has 160 valence electrons. The Balaban J connectivity index is 1.70. The van der Waals surface area contributed by atoms with Gasteiger partial charge in [-0.2, -0.15) is 0 Å². The minimum atomic E-state index is -0.426. The Morgan fingerprint density at radius 1 is 0.781 bits per heavy atom. The van der Waals surface area contributed by atoms with Crippen molar-refractivity contribution in [3.05, 3.63) is 87.3 Å². The van der Waals surface area contributed by atoms with Gasteiger partial charge in [0.25, 0.3) is 0 Å². The van der Waals surface area contributed by atoms with E-state index < -0.39 is 11.9 Å². The van der Waals surface area contributed by atoms with Crippen LogP contribution in [0.2, 0.25) is 0 Å². The van der Waals surface area contributed by atoms with Crippen LogP contribution in [0.3, 0.4) is 0 Å². The van der Waals surface area contributed by atoms with Crippen LogP contribution in [0.5, 0.6) is 11.5 Å². The van der Waals surface area contributed by atoms with Crippen molar-refractivity contribution in [1.82, 2.24) is 0 Å². The highest BCUT2D eigenvalue weighted by Crippen LogP contribution is 2.29. The van der Waals surface area contributed by atoms with Crippen molar-refractivity contribution in [2.45, 2.75) is 33.1 Å². The van der Waals surface area contributed by atoms with Crippen LogP contribution >= 0.6 is 0 Å². The standard InChI is InChI=1S/C27H23NO4/c1-4-15-11-18(9-10-21(15)28)25-20-13-22-19(12-23(20)32-27(25)30)24(26(29)31-22)17-7-5-16(6-8-17)14(2)3/h5-14H,4,28H2,1-3H3. The molecular formula is C27H23NO4. The van der Waals surface area contributed by atoms with Gasteiger partial charge in [0.2, 0.25) is 0 Å². The molecule has 5 rings (SSSR count). The number of nitrogens with two attached hydrogens (primary N) is 1. The molecule has 0 fully saturated rings. The van der Waals surface area contributed by atoms with Crippen molar-refractivity contribution in [2.75, 3.05) is 5.73 Å². The van der Waals surface area contributed by atoms with E-state index in [2.05, 4.69) is 13.8 Å². The molecule has 0 saturated carbocycles. The largest absolute Gasteiger partial charge is 0.422 e. The number of carbonyl (C=O) groups excluding carboxylic acids is 2. The van der Waals surface area contributed by atoms with E-state index in [9.17, 15) is 9.59 Å². The first-order valence-electron chi connectivity index (χ1n) is 10.7. The van der Waals surface area contributed by atoms with Gasteiger partial charge in [-0.05, 0) is 58.9 Å². The van der Waals surface area contributed by atoms with Gasteiger partial charge in [-0.1, -0.05) is 51.1 Å². The predicted molar refractivity (Wildman–Crippen MR) is 123 cm³/mol. The summed E-state index contributed by atoms with van der Waals surface area (Å²) < 4.78 is 11.2. The minimum Gasteiger partial charge on any atom is -0.422 e. The van der Waals surface area contributed by atoms with Crippen molar-refractivity contribution < 1.29 is 19.1 Å². The summed E-state index contributed by atoms with van der Waals surface area (Å²) in [6.45, 7) is 6.26. The second-order valence-electron chi connectivity index (χ2n) is 8.42. The molecule has 0 aromatic heterocycles. The average Bonchev–Trinajstić information content (AvgIpc) is 3.26. The first-order valence-corrected chi connectivity index (χ1v) is 10.7. The molecule has 0 amide bonds. The molecule has 2 aliphatic heterocycles. The fraction of sp³-hybridized carbons (Fsp3) is 0.185. The maximum Gasteiger partial charge on any atom is 0.344 e. The van der Waals surface area contributed by atoms with E-state index in [-0.39, 0.29) is 0 Å². The van der Waals surface area contributed by atoms with E-state index >= 15 is 0 Å². The van der Waals surface area contributed by atoms with Crippen molar-refractivity contribution in [2.24, 2.45) is 0 Å². The molecule has 5 nitrogen and oxygen atoms in total. The molecule has 32 heavy (non-hydrogen) atoms. The first-order chi connectivity index (χ1) is 15.4. The molecule has 0 atom stereocenters. The molecule has 2 aliphatic rings. The number of hydrogen-bond donors (Lipinski definition) is 1. The van der Waals surface area contributed by atoms with Crippen LogP contribution in [-0.2, 0) is 16.0 Å². The first kappa shape index (κ1) is 20.1. The Kier molecular flexibility index (Phi) is 4.63. The fourth-order valence-electron chi connectivity index (χ4n) is 4.29. The van der Waals surface area contributed by atoms with Crippen LogP contribution in [0, 0.1) is 0 Å². The number of benzene rings is 3. The lowest BCUT2D eigenvalue weighted by atomic mass is 9.97. The predicted octanol–water partition coefficient (Wildman–Crippen LogP) is 3.19. The molecule has 2 N–H and O–H groups in total. The molecule has 2 heterocycles. The van der Waals surface area contributed by atoms with Gasteiger partial charge >= 0.3 is 11.9 Å². The molecule has 0 unspecified atom stereocenters. The molecule has 3 aromatic rings. The Labute approximate surface area is 185 Å². The van der Waals surface area contributed by atoms with Crippen LogP contribution in [0.1, 0.15) is 48.9 Å². The molecule has 0 spiro atoms. The number of carbonyl (C=O) groups is 2. The highest BCUT2D eigenvalue weighted by molar-refractivity contribution is 6.21. The molecule has 0 radical (unpaired) electrons. The van der Waals surface area contributed by atoms with Gasteiger partial charge in [-0.25, -0.2) is 9.59 Å². The molecule has 0 saturated heterocycles. The second kappa shape index (κ2) is 7.38. The van der Waals surface area contributed by atoms with Crippen LogP contribution in [0.4, 0.5) is 5.69 Å². The summed E-state index contributed by atoms with van der Waals surface area (Å²) in [7, 11) is 0. The van der Waals surface area contributed by atoms with Crippen molar-refractivity contribution in [1.29, 1.82) is 0 Å². The van der Waals surface area contributed by atoms with Crippen LogP contribution in [-0.4, -0.2) is 11.9 Å². The number of ether oxygens (including phenoxy) is 2. The summed E-state index contributed by atoms with van der Waals surface area (Å²) in [6, 6.07) is 16.9. The third-order valence-electron chi connectivity index (χ3n) is 6.11. The van der Waals surface area contributed by atoms with Gasteiger partial charge in [0.05, 0.1) is 11.1 Å². The lowest BCUT2D eigenvalue weighted by Gasteiger charge is -2.06. The summed E-state index contributed by atoms with van der Waals surface area (Å²) in [6.07, 6.45) is 0.755. The SMILES string of the molecule is CCc1cc(C2=c3cc4c(cc3OC2=O)=C(c2ccc(C(C)C)cc2)C(=O)O4)ccc1N. The molecule has 0 bridgehead atoms. The number of nitrogen functional groups attached to an aromatic ring is 1. The second-order valence-corrected chi connectivity index (χ2v) is 8.42. The van der Waals surface area contributed by atoms with Gasteiger partial charge in [-0.15, -0.1) is 0 Å². The highest BCUT2D eigenvalue weighted by atomic mass is 16.5. The van der Waals surface area contributed by atoms with Gasteiger partial charge in [0.1, 0.15) is 11.5 Å². The quantitative estimate of drug-likeness (QED) is 0.395. The Morgan fingerprint density at radius 3 is 1.84 bits per heavy atom. The summed E-state index contributed by atoms with van der Waals surface area (Å²) >= 11 is 0. The number of fused-ring (bicyclic) bond motifs is 2. The van der Waals surface area contributed by atoms with E-state index in [1.165, 1.54) is 5.56 Å². The normalized spacial score (nSPS) is 14.5. The van der Waals surface area contributed by atoms with Crippen LogP contribution < -0.4 is 25.6 Å². The number of anilines is 1. The fourth-order valence-corrected chi connectivity index (χ4v) is 4.29. The monoisotopic (exact) mass is 425 g/mol. The van der Waals surface area contributed by atoms with E-state index in [1.54, 1.807) is 18.2 Å². The van der Waals surface area contributed by atoms with Crippen molar-refractivity contribution in [3.63, 3.8) is 0 Å². The zero-order valence-corrected chi connectivity index (χ0v) is 18.2. The van der Waals surface area contributed by atoms with Crippen molar-refractivity contribution in [3.8, 4) is 11.5 Å².